The third kappa shape index (κ3) is 4.49. The van der Waals surface area contributed by atoms with E-state index < -0.39 is 10.0 Å². The molecule has 2 aromatic carbocycles. The average molecular weight is 439 g/mol. The highest BCUT2D eigenvalue weighted by Crippen LogP contribution is 2.29. The minimum Gasteiger partial charge on any atom is -0.495 e. The molecule has 0 unspecified atom stereocenters. The lowest BCUT2D eigenvalue weighted by Crippen LogP contribution is -2.19. The fraction of sp³-hybridized carbons (Fsp3) is 0.304. The summed E-state index contributed by atoms with van der Waals surface area (Å²) in [6.45, 7) is 5.84. The SMILES string of the molecule is COc1cc(C)c(C)cc1S(=O)(=O)Nc1ccc(-c2ccc(N3CCCC3)nn2)cc1. The van der Waals surface area contributed by atoms with Crippen LogP contribution in [-0.4, -0.2) is 38.8 Å². The summed E-state index contributed by atoms with van der Waals surface area (Å²) in [6, 6.07) is 14.4. The molecule has 1 fully saturated rings. The molecule has 162 valence electrons. The largest absolute Gasteiger partial charge is 0.495 e. The number of methoxy groups -OCH3 is 1. The van der Waals surface area contributed by atoms with Gasteiger partial charge in [0.2, 0.25) is 0 Å². The average Bonchev–Trinajstić information content (AvgIpc) is 3.31. The number of sulfonamides is 1. The first-order chi connectivity index (χ1) is 14.9. The van der Waals surface area contributed by atoms with Gasteiger partial charge in [0.15, 0.2) is 5.82 Å². The van der Waals surface area contributed by atoms with Gasteiger partial charge in [0.05, 0.1) is 12.8 Å². The fourth-order valence-electron chi connectivity index (χ4n) is 3.65. The Bertz CT molecular complexity index is 1170. The fourth-order valence-corrected chi connectivity index (χ4v) is 4.94. The van der Waals surface area contributed by atoms with Crippen molar-refractivity contribution < 1.29 is 13.2 Å². The summed E-state index contributed by atoms with van der Waals surface area (Å²) in [7, 11) is -2.33. The lowest BCUT2D eigenvalue weighted by atomic mass is 10.1. The topological polar surface area (TPSA) is 84.4 Å². The van der Waals surface area contributed by atoms with E-state index in [1.807, 2.05) is 38.1 Å². The molecular formula is C23H26N4O3S. The van der Waals surface area contributed by atoms with Crippen molar-refractivity contribution in [3.8, 4) is 17.0 Å². The lowest BCUT2D eigenvalue weighted by Gasteiger charge is -2.15. The van der Waals surface area contributed by atoms with Crippen molar-refractivity contribution in [3.05, 3.63) is 59.7 Å². The van der Waals surface area contributed by atoms with E-state index in [0.717, 1.165) is 41.3 Å². The quantitative estimate of drug-likeness (QED) is 0.622. The van der Waals surface area contributed by atoms with Crippen molar-refractivity contribution >= 4 is 21.5 Å². The van der Waals surface area contributed by atoms with E-state index >= 15 is 0 Å². The smallest absolute Gasteiger partial charge is 0.265 e. The molecular weight excluding hydrogens is 412 g/mol. The first kappa shape index (κ1) is 21.1. The Morgan fingerprint density at radius 3 is 2.23 bits per heavy atom. The zero-order valence-electron chi connectivity index (χ0n) is 17.9. The molecule has 8 heteroatoms. The molecule has 1 saturated heterocycles. The van der Waals surface area contributed by atoms with Gasteiger partial charge in [0.25, 0.3) is 10.0 Å². The molecule has 0 radical (unpaired) electrons. The van der Waals surface area contributed by atoms with E-state index in [0.29, 0.717) is 11.4 Å². The van der Waals surface area contributed by atoms with Crippen LogP contribution >= 0.6 is 0 Å². The number of ether oxygens (including phenoxy) is 1. The second kappa shape index (κ2) is 8.55. The molecule has 7 nitrogen and oxygen atoms in total. The van der Waals surface area contributed by atoms with Gasteiger partial charge in [-0.25, -0.2) is 8.42 Å². The number of aryl methyl sites for hydroxylation is 2. The normalized spacial score (nSPS) is 14.0. The Hall–Kier alpha value is -3.13. The number of benzene rings is 2. The summed E-state index contributed by atoms with van der Waals surface area (Å²) < 4.78 is 33.8. The number of rotatable bonds is 6. The molecule has 3 aromatic rings. The monoisotopic (exact) mass is 438 g/mol. The summed E-state index contributed by atoms with van der Waals surface area (Å²) in [4.78, 5) is 2.35. The van der Waals surface area contributed by atoms with Gasteiger partial charge in [-0.2, -0.15) is 0 Å². The first-order valence-corrected chi connectivity index (χ1v) is 11.7. The zero-order chi connectivity index (χ0) is 22.0. The Kier molecular flexibility index (Phi) is 5.82. The minimum absolute atomic E-state index is 0.116. The van der Waals surface area contributed by atoms with Crippen molar-refractivity contribution in [1.29, 1.82) is 0 Å². The van der Waals surface area contributed by atoms with Gasteiger partial charge < -0.3 is 9.64 Å². The summed E-state index contributed by atoms with van der Waals surface area (Å²) in [5.74, 6) is 1.22. The van der Waals surface area contributed by atoms with Gasteiger partial charge in [0.1, 0.15) is 10.6 Å². The number of hydrogen-bond donors (Lipinski definition) is 1. The molecule has 0 atom stereocenters. The van der Waals surface area contributed by atoms with Crippen LogP contribution in [0.2, 0.25) is 0 Å². The van der Waals surface area contributed by atoms with Crippen molar-refractivity contribution in [2.75, 3.05) is 29.8 Å². The van der Waals surface area contributed by atoms with Crippen LogP contribution in [0.1, 0.15) is 24.0 Å². The molecule has 2 heterocycles. The van der Waals surface area contributed by atoms with Crippen LogP contribution in [0.3, 0.4) is 0 Å². The predicted molar refractivity (Wildman–Crippen MR) is 122 cm³/mol. The Morgan fingerprint density at radius 1 is 0.935 bits per heavy atom. The van der Waals surface area contributed by atoms with E-state index in [1.165, 1.54) is 20.0 Å². The second-order valence-electron chi connectivity index (χ2n) is 7.74. The number of anilines is 2. The molecule has 0 aliphatic carbocycles. The van der Waals surface area contributed by atoms with Crippen molar-refractivity contribution in [1.82, 2.24) is 10.2 Å². The van der Waals surface area contributed by atoms with E-state index in [2.05, 4.69) is 19.8 Å². The number of hydrogen-bond acceptors (Lipinski definition) is 6. The van der Waals surface area contributed by atoms with Crippen molar-refractivity contribution in [2.45, 2.75) is 31.6 Å². The predicted octanol–water partition coefficient (Wildman–Crippen LogP) is 4.17. The Labute approximate surface area is 183 Å². The standard InChI is InChI=1S/C23H26N4O3S/c1-16-14-21(30-3)22(15-17(16)2)31(28,29)26-19-8-6-18(7-9-19)20-10-11-23(25-24-20)27-12-4-5-13-27/h6-11,14-15,26H,4-5,12-13H2,1-3H3. The molecule has 1 N–H and O–H groups in total. The number of nitrogens with one attached hydrogen (secondary N) is 1. The van der Waals surface area contributed by atoms with Crippen LogP contribution in [0.4, 0.5) is 11.5 Å². The summed E-state index contributed by atoms with van der Waals surface area (Å²) in [5.41, 5.74) is 3.93. The molecule has 1 aromatic heterocycles. The number of nitrogens with zero attached hydrogens (tertiary/aromatic N) is 3. The van der Waals surface area contributed by atoms with Gasteiger partial charge in [-0.05, 0) is 74.2 Å². The van der Waals surface area contributed by atoms with Gasteiger partial charge in [0, 0.05) is 24.3 Å². The lowest BCUT2D eigenvalue weighted by molar-refractivity contribution is 0.402. The maximum absolute atomic E-state index is 12.9. The van der Waals surface area contributed by atoms with E-state index in [1.54, 1.807) is 24.3 Å². The van der Waals surface area contributed by atoms with Crippen LogP contribution in [0.5, 0.6) is 5.75 Å². The van der Waals surface area contributed by atoms with E-state index in [-0.39, 0.29) is 4.90 Å². The first-order valence-electron chi connectivity index (χ1n) is 10.2. The highest BCUT2D eigenvalue weighted by Gasteiger charge is 2.21. The molecule has 1 aliphatic heterocycles. The van der Waals surface area contributed by atoms with Gasteiger partial charge in [-0.3, -0.25) is 4.72 Å². The van der Waals surface area contributed by atoms with E-state index in [4.69, 9.17) is 4.74 Å². The van der Waals surface area contributed by atoms with Crippen LogP contribution in [0.15, 0.2) is 53.4 Å². The minimum atomic E-state index is -3.80. The summed E-state index contributed by atoms with van der Waals surface area (Å²) in [5, 5.41) is 8.68. The molecule has 4 rings (SSSR count). The molecule has 0 bridgehead atoms. The number of aromatic nitrogens is 2. The summed E-state index contributed by atoms with van der Waals surface area (Å²) in [6.07, 6.45) is 2.38. The van der Waals surface area contributed by atoms with Gasteiger partial charge in [-0.1, -0.05) is 12.1 Å². The van der Waals surface area contributed by atoms with Crippen molar-refractivity contribution in [2.24, 2.45) is 0 Å². The van der Waals surface area contributed by atoms with E-state index in [9.17, 15) is 8.42 Å². The maximum Gasteiger partial charge on any atom is 0.265 e. The summed E-state index contributed by atoms with van der Waals surface area (Å²) >= 11 is 0. The third-order valence-corrected chi connectivity index (χ3v) is 6.99. The van der Waals surface area contributed by atoms with Crippen LogP contribution in [0, 0.1) is 13.8 Å². The Balaban J connectivity index is 1.53. The van der Waals surface area contributed by atoms with Crippen molar-refractivity contribution in [3.63, 3.8) is 0 Å². The third-order valence-electron chi connectivity index (χ3n) is 5.58. The van der Waals surface area contributed by atoms with Crippen LogP contribution < -0.4 is 14.4 Å². The van der Waals surface area contributed by atoms with Gasteiger partial charge >= 0.3 is 0 Å². The van der Waals surface area contributed by atoms with Crippen LogP contribution in [-0.2, 0) is 10.0 Å². The molecule has 1 aliphatic rings. The maximum atomic E-state index is 12.9. The molecule has 31 heavy (non-hydrogen) atoms. The van der Waals surface area contributed by atoms with Gasteiger partial charge in [-0.15, -0.1) is 10.2 Å². The second-order valence-corrected chi connectivity index (χ2v) is 9.39. The van der Waals surface area contributed by atoms with Crippen LogP contribution in [0.25, 0.3) is 11.3 Å². The molecule has 0 spiro atoms. The molecule has 0 saturated carbocycles. The highest BCUT2D eigenvalue weighted by molar-refractivity contribution is 7.92. The highest BCUT2D eigenvalue weighted by atomic mass is 32.2. The Morgan fingerprint density at radius 2 is 1.61 bits per heavy atom. The zero-order valence-corrected chi connectivity index (χ0v) is 18.7. The molecule has 0 amide bonds.